The predicted molar refractivity (Wildman–Crippen MR) is 101 cm³/mol. The van der Waals surface area contributed by atoms with Gasteiger partial charge in [-0.25, -0.2) is 0 Å². The van der Waals surface area contributed by atoms with E-state index < -0.39 is 6.04 Å². The maximum atomic E-state index is 13.1. The van der Waals surface area contributed by atoms with Crippen molar-refractivity contribution in [3.63, 3.8) is 0 Å². The minimum absolute atomic E-state index is 0.154. The first-order valence-corrected chi connectivity index (χ1v) is 9.82. The number of hydrogen-bond acceptors (Lipinski definition) is 3. The van der Waals surface area contributed by atoms with E-state index in [9.17, 15) is 14.4 Å². The summed E-state index contributed by atoms with van der Waals surface area (Å²) in [4.78, 5) is 40.4. The lowest BCUT2D eigenvalue weighted by Gasteiger charge is -2.37. The summed E-state index contributed by atoms with van der Waals surface area (Å²) >= 11 is 0. The van der Waals surface area contributed by atoms with Gasteiger partial charge in [0.1, 0.15) is 6.04 Å². The molecule has 5 heteroatoms. The van der Waals surface area contributed by atoms with Crippen molar-refractivity contribution in [1.82, 2.24) is 4.90 Å². The molecule has 0 unspecified atom stereocenters. The maximum absolute atomic E-state index is 13.1. The molecule has 3 amide bonds. The van der Waals surface area contributed by atoms with Gasteiger partial charge in [0.25, 0.3) is 0 Å². The monoisotopic (exact) mass is 364 g/mol. The van der Waals surface area contributed by atoms with E-state index in [0.29, 0.717) is 11.8 Å². The molecule has 3 fully saturated rings. The van der Waals surface area contributed by atoms with Gasteiger partial charge in [-0.15, -0.1) is 0 Å². The van der Waals surface area contributed by atoms with Crippen LogP contribution in [0.2, 0.25) is 0 Å². The summed E-state index contributed by atoms with van der Waals surface area (Å²) in [5.41, 5.74) is 2.69. The average Bonchev–Trinajstić information content (AvgIpc) is 3.42. The number of hydrogen-bond donors (Lipinski definition) is 1. The Bertz CT molecular complexity index is 849. The second-order valence-corrected chi connectivity index (χ2v) is 8.63. The van der Waals surface area contributed by atoms with Crippen LogP contribution < -0.4 is 5.32 Å². The zero-order valence-corrected chi connectivity index (χ0v) is 15.8. The summed E-state index contributed by atoms with van der Waals surface area (Å²) in [6.07, 6.45) is 5.44. The Labute approximate surface area is 158 Å². The number of anilines is 1. The number of nitrogens with one attached hydrogen (secondary N) is 1. The summed E-state index contributed by atoms with van der Waals surface area (Å²) < 4.78 is 0. The second-order valence-electron chi connectivity index (χ2n) is 8.63. The van der Waals surface area contributed by atoms with E-state index in [1.54, 1.807) is 6.92 Å². The van der Waals surface area contributed by atoms with Crippen LogP contribution in [0.5, 0.6) is 0 Å². The van der Waals surface area contributed by atoms with Crippen molar-refractivity contribution >= 4 is 23.4 Å². The molecular formula is C22H24N2O3. The lowest BCUT2D eigenvalue weighted by molar-refractivity contribution is -0.146. The Hall–Kier alpha value is -2.43. The van der Waals surface area contributed by atoms with Crippen molar-refractivity contribution in [2.45, 2.75) is 33.2 Å². The summed E-state index contributed by atoms with van der Waals surface area (Å²) in [7, 11) is 0. The van der Waals surface area contributed by atoms with Crippen molar-refractivity contribution in [3.05, 3.63) is 41.5 Å². The Balaban J connectivity index is 1.40. The molecule has 1 aromatic rings. The van der Waals surface area contributed by atoms with Crippen LogP contribution in [0.3, 0.4) is 0 Å². The molecule has 2 bridgehead atoms. The van der Waals surface area contributed by atoms with Crippen LogP contribution in [0.1, 0.15) is 24.5 Å². The van der Waals surface area contributed by atoms with E-state index in [1.807, 2.05) is 32.0 Å². The fourth-order valence-corrected chi connectivity index (χ4v) is 5.72. The fourth-order valence-electron chi connectivity index (χ4n) is 5.72. The van der Waals surface area contributed by atoms with Gasteiger partial charge in [0.05, 0.1) is 11.8 Å². The normalized spacial score (nSPS) is 36.5. The molecule has 1 saturated heterocycles. The second kappa shape index (κ2) is 5.54. The Morgan fingerprint density at radius 1 is 1.04 bits per heavy atom. The molecule has 1 aliphatic heterocycles. The van der Waals surface area contributed by atoms with Crippen molar-refractivity contribution in [1.29, 1.82) is 0 Å². The first kappa shape index (κ1) is 16.7. The number of benzene rings is 1. The van der Waals surface area contributed by atoms with Crippen LogP contribution in [0.15, 0.2) is 30.4 Å². The SMILES string of the molecule is Cc1cccc(C)c1NC(=O)[C@H](C)N1C(=O)[C@@H]2[C@H]3C=C[C@H]([C@H]4C[C@@H]34)[C@@H]2C1=O. The van der Waals surface area contributed by atoms with Gasteiger partial charge >= 0.3 is 0 Å². The Kier molecular flexibility index (Phi) is 3.43. The molecule has 140 valence electrons. The number of likely N-dealkylation sites (tertiary alicyclic amines) is 1. The summed E-state index contributed by atoms with van der Waals surface area (Å²) in [5.74, 6) is 0.364. The van der Waals surface area contributed by atoms with Crippen LogP contribution >= 0.6 is 0 Å². The molecule has 1 aromatic carbocycles. The predicted octanol–water partition coefficient (Wildman–Crippen LogP) is 2.68. The molecule has 5 aliphatic rings. The molecule has 0 aromatic heterocycles. The third-order valence-electron chi connectivity index (χ3n) is 7.19. The number of carbonyl (C=O) groups is 3. The van der Waals surface area contributed by atoms with Crippen LogP contribution in [-0.2, 0) is 14.4 Å². The molecule has 0 radical (unpaired) electrons. The zero-order chi connectivity index (χ0) is 19.0. The molecular weight excluding hydrogens is 340 g/mol. The number of para-hydroxylation sites is 1. The van der Waals surface area contributed by atoms with Crippen molar-refractivity contribution < 1.29 is 14.4 Å². The van der Waals surface area contributed by atoms with Crippen LogP contribution in [0, 0.1) is 49.4 Å². The van der Waals surface area contributed by atoms with Gasteiger partial charge in [-0.1, -0.05) is 30.4 Å². The quantitative estimate of drug-likeness (QED) is 0.662. The molecule has 27 heavy (non-hydrogen) atoms. The number of amides is 3. The largest absolute Gasteiger partial charge is 0.324 e. The van der Waals surface area contributed by atoms with E-state index in [-0.39, 0.29) is 41.4 Å². The van der Waals surface area contributed by atoms with Gasteiger partial charge in [0.2, 0.25) is 17.7 Å². The average molecular weight is 364 g/mol. The van der Waals surface area contributed by atoms with Crippen LogP contribution in [-0.4, -0.2) is 28.7 Å². The van der Waals surface area contributed by atoms with E-state index in [4.69, 9.17) is 0 Å². The zero-order valence-electron chi connectivity index (χ0n) is 15.8. The van der Waals surface area contributed by atoms with Gasteiger partial charge in [0, 0.05) is 5.69 Å². The molecule has 7 atom stereocenters. The van der Waals surface area contributed by atoms with Crippen molar-refractivity contribution in [2.24, 2.45) is 35.5 Å². The lowest BCUT2D eigenvalue weighted by atomic mass is 9.63. The summed E-state index contributed by atoms with van der Waals surface area (Å²) in [5, 5.41) is 2.93. The van der Waals surface area contributed by atoms with E-state index in [2.05, 4.69) is 17.5 Å². The molecule has 1 N–H and O–H groups in total. The molecule has 5 nitrogen and oxygen atoms in total. The third kappa shape index (κ3) is 2.20. The number of carbonyl (C=O) groups excluding carboxylic acids is 3. The van der Waals surface area contributed by atoms with Crippen molar-refractivity contribution in [2.75, 3.05) is 5.32 Å². The number of nitrogens with zero attached hydrogens (tertiary/aromatic N) is 1. The van der Waals surface area contributed by atoms with Crippen LogP contribution in [0.4, 0.5) is 5.69 Å². The van der Waals surface area contributed by atoms with Gasteiger partial charge < -0.3 is 5.32 Å². The highest BCUT2D eigenvalue weighted by atomic mass is 16.2. The van der Waals surface area contributed by atoms with E-state index >= 15 is 0 Å². The highest BCUT2D eigenvalue weighted by Crippen LogP contribution is 2.65. The Morgan fingerprint density at radius 3 is 2.07 bits per heavy atom. The number of aryl methyl sites for hydroxylation is 2. The highest BCUT2D eigenvalue weighted by molar-refractivity contribution is 6.10. The summed E-state index contributed by atoms with van der Waals surface area (Å²) in [6.45, 7) is 5.53. The molecule has 0 spiro atoms. The first-order valence-electron chi connectivity index (χ1n) is 9.82. The van der Waals surface area contributed by atoms with E-state index in [0.717, 1.165) is 23.2 Å². The Morgan fingerprint density at radius 2 is 1.56 bits per heavy atom. The summed E-state index contributed by atoms with van der Waals surface area (Å²) in [6, 6.07) is 5.01. The topological polar surface area (TPSA) is 66.5 Å². The third-order valence-corrected chi connectivity index (χ3v) is 7.19. The molecule has 4 aliphatic carbocycles. The van der Waals surface area contributed by atoms with Gasteiger partial charge in [-0.2, -0.15) is 0 Å². The standard InChI is InChI=1S/C22H24N2O3/c1-10-5-4-6-11(2)19(10)23-20(25)12(3)24-21(26)17-13-7-8-14(16-9-15(13)16)18(17)22(24)27/h4-8,12-18H,9H2,1-3H3,(H,23,25)/t12-,13-,14+,15-,16+,17+,18-/m0/s1. The van der Waals surface area contributed by atoms with Gasteiger partial charge in [-0.05, 0) is 62.0 Å². The van der Waals surface area contributed by atoms with Crippen molar-refractivity contribution in [3.8, 4) is 0 Å². The number of rotatable bonds is 3. The van der Waals surface area contributed by atoms with Crippen LogP contribution in [0.25, 0.3) is 0 Å². The molecule has 2 saturated carbocycles. The molecule has 6 rings (SSSR count). The van der Waals surface area contributed by atoms with Gasteiger partial charge in [-0.3, -0.25) is 19.3 Å². The fraction of sp³-hybridized carbons (Fsp3) is 0.500. The van der Waals surface area contributed by atoms with E-state index in [1.165, 1.54) is 4.90 Å². The molecule has 1 heterocycles. The smallest absolute Gasteiger partial charge is 0.247 e. The van der Waals surface area contributed by atoms with Gasteiger partial charge in [0.15, 0.2) is 0 Å². The first-order chi connectivity index (χ1) is 12.9. The number of allylic oxidation sites excluding steroid dienone is 2. The highest BCUT2D eigenvalue weighted by Gasteiger charge is 2.67. The minimum atomic E-state index is -0.801. The maximum Gasteiger partial charge on any atom is 0.247 e. The minimum Gasteiger partial charge on any atom is -0.324 e. The number of imide groups is 1. The lowest BCUT2D eigenvalue weighted by Crippen LogP contribution is -2.46.